The minimum Gasteiger partial charge on any atom is -0.305 e. The Kier molecular flexibility index (Phi) is 3.77. The summed E-state index contributed by atoms with van der Waals surface area (Å²) in [6.45, 7) is 0.501. The van der Waals surface area contributed by atoms with E-state index < -0.39 is 16.8 Å². The quantitative estimate of drug-likeness (QED) is 0.596. The van der Waals surface area contributed by atoms with E-state index in [0.717, 1.165) is 4.90 Å². The summed E-state index contributed by atoms with van der Waals surface area (Å²) in [4.78, 5) is 23.6. The molecule has 0 spiro atoms. The number of nitrogens with zero attached hydrogens (tertiary/aromatic N) is 1. The number of likely N-dealkylation sites (tertiary alicyclic amines) is 1. The highest BCUT2D eigenvalue weighted by Crippen LogP contribution is 2.09. The molecular weight excluding hydrogens is 204 g/mol. The number of hydrogen-bond acceptors (Lipinski definition) is 4. The Bertz CT molecular complexity index is 280. The minimum absolute atomic E-state index is 0.162. The fourth-order valence-corrected chi connectivity index (χ4v) is 1.70. The van der Waals surface area contributed by atoms with Crippen molar-refractivity contribution in [2.24, 2.45) is 0 Å². The Hall–Kier alpha value is -0.750. The summed E-state index contributed by atoms with van der Waals surface area (Å²) in [5.41, 5.74) is 0. The lowest BCUT2D eigenvalue weighted by Gasteiger charge is -2.09. The topological polar surface area (TPSA) is 66.5 Å². The fourth-order valence-electron chi connectivity index (χ4n) is 1.29. The molecule has 1 aliphatic rings. The third-order valence-corrected chi connectivity index (χ3v) is 2.94. The van der Waals surface area contributed by atoms with Crippen molar-refractivity contribution < 1.29 is 13.8 Å². The first kappa shape index (κ1) is 11.3. The van der Waals surface area contributed by atoms with E-state index in [-0.39, 0.29) is 18.2 Å². The smallest absolute Gasteiger partial charge is 0.246 e. The molecule has 2 atom stereocenters. The number of amides is 2. The highest BCUT2D eigenvalue weighted by atomic mass is 32.2. The molecule has 14 heavy (non-hydrogen) atoms. The largest absolute Gasteiger partial charge is 0.305 e. The summed E-state index contributed by atoms with van der Waals surface area (Å²) in [5, 5.41) is 2.92. The predicted molar refractivity (Wildman–Crippen MR) is 53.1 cm³/mol. The molecular formula is C8H14N2O3S. The average molecular weight is 218 g/mol. The molecule has 6 heteroatoms. The van der Waals surface area contributed by atoms with Gasteiger partial charge in [-0.05, 0) is 0 Å². The number of imide groups is 1. The first-order chi connectivity index (χ1) is 6.52. The fraction of sp³-hybridized carbons (Fsp3) is 0.750. The van der Waals surface area contributed by atoms with Crippen LogP contribution in [0.1, 0.15) is 6.42 Å². The Morgan fingerprint density at radius 2 is 2.21 bits per heavy atom. The van der Waals surface area contributed by atoms with Crippen molar-refractivity contribution in [3.8, 4) is 0 Å². The standard InChI is InChI=1S/C8H14N2O3S/c1-10-7(11)5-6(8(10)12)9-3-4-14(2)13/h6,9H,3-5H2,1-2H3. The minimum atomic E-state index is -0.867. The maximum absolute atomic E-state index is 11.4. The second kappa shape index (κ2) is 4.65. The molecule has 0 saturated carbocycles. The molecule has 2 amide bonds. The summed E-state index contributed by atoms with van der Waals surface area (Å²) < 4.78 is 10.7. The van der Waals surface area contributed by atoms with E-state index in [0.29, 0.717) is 12.3 Å². The molecule has 1 heterocycles. The van der Waals surface area contributed by atoms with Gasteiger partial charge < -0.3 is 5.32 Å². The summed E-state index contributed by atoms with van der Waals surface area (Å²) in [7, 11) is 0.610. The molecule has 1 saturated heterocycles. The molecule has 2 unspecified atom stereocenters. The van der Waals surface area contributed by atoms with Crippen LogP contribution in [0.4, 0.5) is 0 Å². The SMILES string of the molecule is CN1C(=O)CC(NCCS(C)=O)C1=O. The van der Waals surface area contributed by atoms with Crippen LogP contribution >= 0.6 is 0 Å². The van der Waals surface area contributed by atoms with E-state index in [4.69, 9.17) is 0 Å². The van der Waals surface area contributed by atoms with E-state index in [1.54, 1.807) is 6.26 Å². The van der Waals surface area contributed by atoms with Crippen LogP contribution in [-0.4, -0.2) is 52.6 Å². The van der Waals surface area contributed by atoms with Crippen LogP contribution in [0.2, 0.25) is 0 Å². The van der Waals surface area contributed by atoms with Crippen LogP contribution in [0.3, 0.4) is 0 Å². The normalized spacial score (nSPS) is 24.4. The Balaban J connectivity index is 2.36. The van der Waals surface area contributed by atoms with Gasteiger partial charge in [-0.2, -0.15) is 0 Å². The molecule has 0 aromatic carbocycles. The lowest BCUT2D eigenvalue weighted by molar-refractivity contribution is -0.137. The van der Waals surface area contributed by atoms with Crippen LogP contribution in [0.15, 0.2) is 0 Å². The van der Waals surface area contributed by atoms with Crippen molar-refractivity contribution in [1.82, 2.24) is 10.2 Å². The van der Waals surface area contributed by atoms with Crippen LogP contribution < -0.4 is 5.32 Å². The molecule has 0 radical (unpaired) electrons. The molecule has 0 aromatic rings. The van der Waals surface area contributed by atoms with Gasteiger partial charge in [0.25, 0.3) is 0 Å². The number of hydrogen-bond donors (Lipinski definition) is 1. The molecule has 0 aliphatic carbocycles. The average Bonchev–Trinajstić information content (AvgIpc) is 2.33. The number of carbonyl (C=O) groups excluding carboxylic acids is 2. The molecule has 1 aliphatic heterocycles. The van der Waals surface area contributed by atoms with Crippen molar-refractivity contribution >= 4 is 22.6 Å². The van der Waals surface area contributed by atoms with Crippen molar-refractivity contribution in [2.75, 3.05) is 25.6 Å². The zero-order valence-electron chi connectivity index (χ0n) is 8.28. The lowest BCUT2D eigenvalue weighted by Crippen LogP contribution is -2.38. The van der Waals surface area contributed by atoms with Crippen LogP contribution in [0.25, 0.3) is 0 Å². The Labute approximate surface area is 85.3 Å². The van der Waals surface area contributed by atoms with Crippen molar-refractivity contribution in [3.05, 3.63) is 0 Å². The van der Waals surface area contributed by atoms with Crippen LogP contribution in [0.5, 0.6) is 0 Å². The third kappa shape index (κ3) is 2.62. The highest BCUT2D eigenvalue weighted by molar-refractivity contribution is 7.84. The first-order valence-electron chi connectivity index (χ1n) is 4.36. The van der Waals surface area contributed by atoms with Crippen molar-refractivity contribution in [2.45, 2.75) is 12.5 Å². The monoisotopic (exact) mass is 218 g/mol. The maximum Gasteiger partial charge on any atom is 0.246 e. The zero-order valence-corrected chi connectivity index (χ0v) is 9.10. The van der Waals surface area contributed by atoms with Gasteiger partial charge in [-0.3, -0.25) is 18.7 Å². The van der Waals surface area contributed by atoms with Gasteiger partial charge in [0.15, 0.2) is 0 Å². The summed E-state index contributed by atoms with van der Waals surface area (Å²) in [6.07, 6.45) is 1.82. The van der Waals surface area contributed by atoms with E-state index in [1.807, 2.05) is 0 Å². The highest BCUT2D eigenvalue weighted by Gasteiger charge is 2.35. The summed E-state index contributed by atoms with van der Waals surface area (Å²) in [5.74, 6) is 0.142. The molecule has 1 N–H and O–H groups in total. The summed E-state index contributed by atoms with van der Waals surface area (Å²) in [6, 6.07) is -0.420. The van der Waals surface area contributed by atoms with Gasteiger partial charge in [0, 0.05) is 36.4 Å². The van der Waals surface area contributed by atoms with Crippen molar-refractivity contribution in [3.63, 3.8) is 0 Å². The van der Waals surface area contributed by atoms with Gasteiger partial charge in [0.2, 0.25) is 11.8 Å². The van der Waals surface area contributed by atoms with Gasteiger partial charge in [0.05, 0.1) is 12.5 Å². The molecule has 1 fully saturated rings. The number of rotatable bonds is 4. The lowest BCUT2D eigenvalue weighted by atomic mass is 10.2. The number of likely N-dealkylation sites (N-methyl/N-ethyl adjacent to an activating group) is 1. The Morgan fingerprint density at radius 3 is 2.64 bits per heavy atom. The van der Waals surface area contributed by atoms with Gasteiger partial charge in [0.1, 0.15) is 0 Å². The van der Waals surface area contributed by atoms with Gasteiger partial charge >= 0.3 is 0 Å². The maximum atomic E-state index is 11.4. The van der Waals surface area contributed by atoms with Gasteiger partial charge in [-0.15, -0.1) is 0 Å². The molecule has 0 bridgehead atoms. The van der Waals surface area contributed by atoms with E-state index in [9.17, 15) is 13.8 Å². The third-order valence-electron chi connectivity index (χ3n) is 2.16. The second-order valence-corrected chi connectivity index (χ2v) is 4.83. The zero-order chi connectivity index (χ0) is 10.7. The van der Waals surface area contributed by atoms with E-state index >= 15 is 0 Å². The molecule has 0 aromatic heterocycles. The number of nitrogens with one attached hydrogen (secondary N) is 1. The van der Waals surface area contributed by atoms with Gasteiger partial charge in [-0.25, -0.2) is 0 Å². The second-order valence-electron chi connectivity index (χ2n) is 3.28. The van der Waals surface area contributed by atoms with Crippen LogP contribution in [0, 0.1) is 0 Å². The number of carbonyl (C=O) groups is 2. The summed E-state index contributed by atoms with van der Waals surface area (Å²) >= 11 is 0. The van der Waals surface area contributed by atoms with Crippen LogP contribution in [-0.2, 0) is 20.4 Å². The predicted octanol–water partition coefficient (Wildman–Crippen LogP) is -1.29. The first-order valence-corrected chi connectivity index (χ1v) is 6.09. The van der Waals surface area contributed by atoms with Crippen molar-refractivity contribution in [1.29, 1.82) is 0 Å². The van der Waals surface area contributed by atoms with E-state index in [2.05, 4.69) is 5.32 Å². The van der Waals surface area contributed by atoms with E-state index in [1.165, 1.54) is 7.05 Å². The Morgan fingerprint density at radius 1 is 1.57 bits per heavy atom. The van der Waals surface area contributed by atoms with Gasteiger partial charge in [-0.1, -0.05) is 0 Å². The molecule has 80 valence electrons. The molecule has 5 nitrogen and oxygen atoms in total. The molecule has 1 rings (SSSR count).